The van der Waals surface area contributed by atoms with Gasteiger partial charge in [-0.3, -0.25) is 4.79 Å². The summed E-state index contributed by atoms with van der Waals surface area (Å²) in [6.45, 7) is 3.60. The number of amides is 1. The molecule has 0 aliphatic heterocycles. The van der Waals surface area contributed by atoms with E-state index in [2.05, 4.69) is 11.2 Å². The first kappa shape index (κ1) is 12.3. The van der Waals surface area contributed by atoms with Gasteiger partial charge in [-0.25, -0.2) is 0 Å². The molecular formula is C13H16N2O. The highest BCUT2D eigenvalue weighted by molar-refractivity contribution is 5.92. The number of hydrogen-bond acceptors (Lipinski definition) is 2. The first-order valence-corrected chi connectivity index (χ1v) is 5.17. The Bertz CT molecular complexity index is 418. The molecule has 1 rings (SSSR count). The van der Waals surface area contributed by atoms with Crippen LogP contribution in [0.4, 0.5) is 5.69 Å². The average Bonchev–Trinajstić information content (AvgIpc) is 2.28. The minimum Gasteiger partial charge on any atom is -0.327 e. The summed E-state index contributed by atoms with van der Waals surface area (Å²) in [4.78, 5) is 11.7. The lowest BCUT2D eigenvalue weighted by molar-refractivity contribution is -0.119. The number of benzene rings is 1. The number of terminal acetylenes is 1. The predicted molar refractivity (Wildman–Crippen MR) is 65.8 cm³/mol. The molecule has 0 fully saturated rings. The molecular weight excluding hydrogens is 200 g/mol. The Kier molecular flexibility index (Phi) is 4.10. The number of anilines is 1. The Balaban J connectivity index is 2.74. The summed E-state index contributed by atoms with van der Waals surface area (Å²) >= 11 is 0. The Hall–Kier alpha value is -1.79. The SMILES string of the molecule is C#Cc1cccc(NC(=O)C(C)C(C)N)c1. The van der Waals surface area contributed by atoms with Crippen LogP contribution in [0.25, 0.3) is 0 Å². The molecule has 0 saturated carbocycles. The number of nitrogens with two attached hydrogens (primary N) is 1. The molecule has 3 nitrogen and oxygen atoms in total. The molecule has 2 unspecified atom stereocenters. The summed E-state index contributed by atoms with van der Waals surface area (Å²) < 4.78 is 0. The fraction of sp³-hybridized carbons (Fsp3) is 0.308. The second-order valence-electron chi connectivity index (χ2n) is 3.86. The van der Waals surface area contributed by atoms with Crippen LogP contribution in [0.1, 0.15) is 19.4 Å². The van der Waals surface area contributed by atoms with Crippen molar-refractivity contribution in [1.29, 1.82) is 0 Å². The molecule has 0 aromatic heterocycles. The van der Waals surface area contributed by atoms with Crippen LogP contribution in [0.3, 0.4) is 0 Å². The molecule has 0 spiro atoms. The van der Waals surface area contributed by atoms with E-state index in [1.807, 2.05) is 13.0 Å². The van der Waals surface area contributed by atoms with E-state index in [9.17, 15) is 4.79 Å². The molecule has 84 valence electrons. The summed E-state index contributed by atoms with van der Waals surface area (Å²) in [5.41, 5.74) is 7.10. The molecule has 3 heteroatoms. The summed E-state index contributed by atoms with van der Waals surface area (Å²) in [5, 5.41) is 2.78. The van der Waals surface area contributed by atoms with Crippen LogP contribution >= 0.6 is 0 Å². The highest BCUT2D eigenvalue weighted by Crippen LogP contribution is 2.12. The smallest absolute Gasteiger partial charge is 0.228 e. The Morgan fingerprint density at radius 1 is 1.50 bits per heavy atom. The van der Waals surface area contributed by atoms with Crippen molar-refractivity contribution >= 4 is 11.6 Å². The highest BCUT2D eigenvalue weighted by Gasteiger charge is 2.16. The molecule has 0 radical (unpaired) electrons. The van der Waals surface area contributed by atoms with E-state index in [-0.39, 0.29) is 17.9 Å². The fourth-order valence-corrected chi connectivity index (χ4v) is 1.18. The molecule has 2 atom stereocenters. The molecule has 1 aromatic carbocycles. The summed E-state index contributed by atoms with van der Waals surface area (Å²) in [5.74, 6) is 2.20. The molecule has 0 aliphatic rings. The monoisotopic (exact) mass is 216 g/mol. The summed E-state index contributed by atoms with van der Waals surface area (Å²) in [6, 6.07) is 7.00. The van der Waals surface area contributed by atoms with Gasteiger partial charge >= 0.3 is 0 Å². The standard InChI is InChI=1S/C13H16N2O/c1-4-11-6-5-7-12(8-11)15-13(16)9(2)10(3)14/h1,5-10H,14H2,2-3H3,(H,15,16). The molecule has 0 saturated heterocycles. The predicted octanol–water partition coefficient (Wildman–Crippen LogP) is 1.59. The second-order valence-corrected chi connectivity index (χ2v) is 3.86. The van der Waals surface area contributed by atoms with E-state index in [0.717, 1.165) is 5.56 Å². The van der Waals surface area contributed by atoms with Crippen molar-refractivity contribution in [1.82, 2.24) is 0 Å². The molecule has 1 amide bonds. The van der Waals surface area contributed by atoms with Gasteiger partial charge in [0, 0.05) is 17.3 Å². The van der Waals surface area contributed by atoms with E-state index in [4.69, 9.17) is 12.2 Å². The third-order valence-corrected chi connectivity index (χ3v) is 2.50. The number of carbonyl (C=O) groups is 1. The van der Waals surface area contributed by atoms with Crippen LogP contribution in [0.5, 0.6) is 0 Å². The summed E-state index contributed by atoms with van der Waals surface area (Å²) in [7, 11) is 0. The van der Waals surface area contributed by atoms with Gasteiger partial charge in [0.05, 0.1) is 5.92 Å². The molecule has 0 aliphatic carbocycles. The van der Waals surface area contributed by atoms with Crippen LogP contribution in [-0.4, -0.2) is 11.9 Å². The van der Waals surface area contributed by atoms with Gasteiger partial charge < -0.3 is 11.1 Å². The van der Waals surface area contributed by atoms with Gasteiger partial charge in [0.1, 0.15) is 0 Å². The van der Waals surface area contributed by atoms with Crippen LogP contribution in [0.15, 0.2) is 24.3 Å². The summed E-state index contributed by atoms with van der Waals surface area (Å²) in [6.07, 6.45) is 5.27. The lowest BCUT2D eigenvalue weighted by Gasteiger charge is -2.15. The first-order valence-electron chi connectivity index (χ1n) is 5.17. The van der Waals surface area contributed by atoms with Crippen molar-refractivity contribution in [2.75, 3.05) is 5.32 Å². The number of hydrogen-bond donors (Lipinski definition) is 2. The van der Waals surface area contributed by atoms with Gasteiger partial charge in [-0.1, -0.05) is 18.9 Å². The topological polar surface area (TPSA) is 55.1 Å². The number of carbonyl (C=O) groups excluding carboxylic acids is 1. The van der Waals surface area contributed by atoms with Crippen molar-refractivity contribution < 1.29 is 4.79 Å². The molecule has 0 heterocycles. The van der Waals surface area contributed by atoms with Gasteiger partial charge in [0.25, 0.3) is 0 Å². The minimum atomic E-state index is -0.227. The fourth-order valence-electron chi connectivity index (χ4n) is 1.18. The van der Waals surface area contributed by atoms with Gasteiger partial charge in [-0.2, -0.15) is 0 Å². The van der Waals surface area contributed by atoms with Crippen LogP contribution in [0.2, 0.25) is 0 Å². The average molecular weight is 216 g/mol. The maximum absolute atomic E-state index is 11.7. The first-order chi connectivity index (χ1) is 7.54. The Morgan fingerprint density at radius 2 is 2.19 bits per heavy atom. The molecule has 16 heavy (non-hydrogen) atoms. The van der Waals surface area contributed by atoms with E-state index < -0.39 is 0 Å². The van der Waals surface area contributed by atoms with Crippen molar-refractivity contribution in [2.45, 2.75) is 19.9 Å². The lowest BCUT2D eigenvalue weighted by Crippen LogP contribution is -2.34. The quantitative estimate of drug-likeness (QED) is 0.754. The Morgan fingerprint density at radius 3 is 2.75 bits per heavy atom. The van der Waals surface area contributed by atoms with Crippen LogP contribution in [-0.2, 0) is 4.79 Å². The van der Waals surface area contributed by atoms with Gasteiger partial charge in [0.2, 0.25) is 5.91 Å². The molecule has 1 aromatic rings. The molecule has 3 N–H and O–H groups in total. The van der Waals surface area contributed by atoms with Crippen molar-refractivity contribution in [3.8, 4) is 12.3 Å². The van der Waals surface area contributed by atoms with Crippen molar-refractivity contribution in [2.24, 2.45) is 11.7 Å². The third kappa shape index (κ3) is 3.11. The minimum absolute atomic E-state index is 0.0934. The van der Waals surface area contributed by atoms with E-state index in [1.165, 1.54) is 0 Å². The second kappa shape index (κ2) is 5.34. The zero-order chi connectivity index (χ0) is 12.1. The van der Waals surface area contributed by atoms with Gasteiger partial charge in [0.15, 0.2) is 0 Å². The highest BCUT2D eigenvalue weighted by atomic mass is 16.1. The third-order valence-electron chi connectivity index (χ3n) is 2.50. The maximum Gasteiger partial charge on any atom is 0.228 e. The zero-order valence-electron chi connectivity index (χ0n) is 9.53. The van der Waals surface area contributed by atoms with Gasteiger partial charge in [-0.15, -0.1) is 6.42 Å². The van der Waals surface area contributed by atoms with E-state index >= 15 is 0 Å². The van der Waals surface area contributed by atoms with Gasteiger partial charge in [-0.05, 0) is 25.1 Å². The normalized spacial score (nSPS) is 13.6. The lowest BCUT2D eigenvalue weighted by atomic mass is 10.0. The molecule has 0 bridgehead atoms. The van der Waals surface area contributed by atoms with Crippen LogP contribution in [0, 0.1) is 18.3 Å². The van der Waals surface area contributed by atoms with E-state index in [1.54, 1.807) is 25.1 Å². The van der Waals surface area contributed by atoms with E-state index in [0.29, 0.717) is 5.69 Å². The van der Waals surface area contributed by atoms with Crippen molar-refractivity contribution in [3.63, 3.8) is 0 Å². The van der Waals surface area contributed by atoms with Crippen molar-refractivity contribution in [3.05, 3.63) is 29.8 Å². The number of nitrogens with one attached hydrogen (secondary N) is 1. The Labute approximate surface area is 96.0 Å². The zero-order valence-corrected chi connectivity index (χ0v) is 9.53. The maximum atomic E-state index is 11.7. The number of rotatable bonds is 3. The largest absolute Gasteiger partial charge is 0.327 e. The van der Waals surface area contributed by atoms with Crippen LogP contribution < -0.4 is 11.1 Å².